The molecule has 0 radical (unpaired) electrons. The molecule has 3 heteroatoms. The number of nitrogens with one attached hydrogen (secondary N) is 1. The summed E-state index contributed by atoms with van der Waals surface area (Å²) in [4.78, 5) is 14.3. The number of carbonyl (C=O) groups is 1. The van der Waals surface area contributed by atoms with Gasteiger partial charge in [0.1, 0.15) is 0 Å². The standard InChI is InChI=1S/C12H20N2O/c1-13-9-11-7-4-8-14(11)12(15)10-5-2-3-6-10/h2-3,10-11,13H,4-9H2,1H3. The Balaban J connectivity index is 1.93. The van der Waals surface area contributed by atoms with Gasteiger partial charge >= 0.3 is 0 Å². The quantitative estimate of drug-likeness (QED) is 0.706. The number of amides is 1. The molecule has 3 nitrogen and oxygen atoms in total. The van der Waals surface area contributed by atoms with Crippen molar-refractivity contribution < 1.29 is 4.79 Å². The van der Waals surface area contributed by atoms with Gasteiger partial charge in [0, 0.05) is 25.0 Å². The van der Waals surface area contributed by atoms with E-state index in [9.17, 15) is 4.79 Å². The van der Waals surface area contributed by atoms with Crippen LogP contribution in [-0.2, 0) is 4.79 Å². The summed E-state index contributed by atoms with van der Waals surface area (Å²) in [5, 5.41) is 3.18. The van der Waals surface area contributed by atoms with Crippen LogP contribution in [0.25, 0.3) is 0 Å². The van der Waals surface area contributed by atoms with E-state index in [-0.39, 0.29) is 5.92 Å². The highest BCUT2D eigenvalue weighted by atomic mass is 16.2. The number of carbonyl (C=O) groups excluding carboxylic acids is 1. The number of nitrogens with zero attached hydrogens (tertiary/aromatic N) is 1. The highest BCUT2D eigenvalue weighted by Gasteiger charge is 2.32. The summed E-state index contributed by atoms with van der Waals surface area (Å²) in [5.41, 5.74) is 0. The molecule has 1 aliphatic carbocycles. The third-order valence-corrected chi connectivity index (χ3v) is 3.46. The molecule has 1 atom stereocenters. The van der Waals surface area contributed by atoms with Crippen molar-refractivity contribution in [3.05, 3.63) is 12.2 Å². The van der Waals surface area contributed by atoms with Crippen LogP contribution >= 0.6 is 0 Å². The molecule has 1 saturated heterocycles. The van der Waals surface area contributed by atoms with Crippen molar-refractivity contribution in [2.45, 2.75) is 31.7 Å². The van der Waals surface area contributed by atoms with Gasteiger partial charge in [-0.1, -0.05) is 12.2 Å². The second kappa shape index (κ2) is 4.79. The predicted octanol–water partition coefficient (Wildman–Crippen LogP) is 1.16. The molecule has 0 aromatic carbocycles. The average molecular weight is 208 g/mol. The maximum atomic E-state index is 12.2. The zero-order valence-electron chi connectivity index (χ0n) is 9.41. The van der Waals surface area contributed by atoms with Crippen molar-refractivity contribution in [3.8, 4) is 0 Å². The molecule has 1 amide bonds. The molecule has 2 aliphatic rings. The van der Waals surface area contributed by atoms with Gasteiger partial charge in [-0.3, -0.25) is 4.79 Å². The third-order valence-electron chi connectivity index (χ3n) is 3.46. The molecule has 15 heavy (non-hydrogen) atoms. The van der Waals surface area contributed by atoms with Crippen molar-refractivity contribution in [2.24, 2.45) is 5.92 Å². The first kappa shape index (κ1) is 10.7. The zero-order chi connectivity index (χ0) is 10.7. The summed E-state index contributed by atoms with van der Waals surface area (Å²) in [6.45, 7) is 1.90. The van der Waals surface area contributed by atoms with E-state index in [0.717, 1.165) is 38.8 Å². The fourth-order valence-corrected chi connectivity index (χ4v) is 2.63. The SMILES string of the molecule is CNCC1CCCN1C(=O)C1CC=CC1. The molecule has 84 valence electrons. The van der Waals surface area contributed by atoms with Gasteiger partial charge in [0.2, 0.25) is 5.91 Å². The van der Waals surface area contributed by atoms with E-state index in [1.165, 1.54) is 0 Å². The number of hydrogen-bond acceptors (Lipinski definition) is 2. The number of allylic oxidation sites excluding steroid dienone is 2. The molecule has 0 bridgehead atoms. The van der Waals surface area contributed by atoms with Crippen molar-refractivity contribution in [1.29, 1.82) is 0 Å². The monoisotopic (exact) mass is 208 g/mol. The minimum absolute atomic E-state index is 0.238. The van der Waals surface area contributed by atoms with E-state index in [2.05, 4.69) is 22.4 Å². The summed E-state index contributed by atoms with van der Waals surface area (Å²) in [6.07, 6.45) is 8.48. The Hall–Kier alpha value is -0.830. The summed E-state index contributed by atoms with van der Waals surface area (Å²) >= 11 is 0. The van der Waals surface area contributed by atoms with Crippen LogP contribution in [0.1, 0.15) is 25.7 Å². The maximum absolute atomic E-state index is 12.2. The van der Waals surface area contributed by atoms with E-state index < -0.39 is 0 Å². The van der Waals surface area contributed by atoms with Gasteiger partial charge in [-0.25, -0.2) is 0 Å². The Bertz CT molecular complexity index is 254. The second-order valence-electron chi connectivity index (χ2n) is 4.53. The van der Waals surface area contributed by atoms with E-state index in [4.69, 9.17) is 0 Å². The Morgan fingerprint density at radius 1 is 1.47 bits per heavy atom. The Morgan fingerprint density at radius 2 is 2.20 bits per heavy atom. The first-order valence-electron chi connectivity index (χ1n) is 5.93. The van der Waals surface area contributed by atoms with Crippen LogP contribution in [0, 0.1) is 5.92 Å². The van der Waals surface area contributed by atoms with Crippen LogP contribution in [0.2, 0.25) is 0 Å². The smallest absolute Gasteiger partial charge is 0.226 e. The zero-order valence-corrected chi connectivity index (χ0v) is 9.41. The predicted molar refractivity (Wildman–Crippen MR) is 60.5 cm³/mol. The summed E-state index contributed by atoms with van der Waals surface area (Å²) in [7, 11) is 1.96. The van der Waals surface area contributed by atoms with Gasteiger partial charge in [-0.2, -0.15) is 0 Å². The average Bonchev–Trinajstić information content (AvgIpc) is 2.87. The van der Waals surface area contributed by atoms with E-state index in [0.29, 0.717) is 11.9 Å². The number of likely N-dealkylation sites (tertiary alicyclic amines) is 1. The van der Waals surface area contributed by atoms with Crippen LogP contribution in [-0.4, -0.2) is 37.0 Å². The summed E-state index contributed by atoms with van der Waals surface area (Å²) < 4.78 is 0. The van der Waals surface area contributed by atoms with Gasteiger partial charge in [0.15, 0.2) is 0 Å². The third kappa shape index (κ3) is 2.23. The fourth-order valence-electron chi connectivity index (χ4n) is 2.63. The largest absolute Gasteiger partial charge is 0.338 e. The molecule has 1 fully saturated rings. The highest BCUT2D eigenvalue weighted by molar-refractivity contribution is 5.80. The first-order chi connectivity index (χ1) is 7.33. The molecule has 1 heterocycles. The fraction of sp³-hybridized carbons (Fsp3) is 0.750. The Morgan fingerprint density at radius 3 is 2.87 bits per heavy atom. The van der Waals surface area contributed by atoms with Crippen LogP contribution in [0.3, 0.4) is 0 Å². The molecule has 0 aromatic rings. The Labute approximate surface area is 91.5 Å². The van der Waals surface area contributed by atoms with E-state index in [1.807, 2.05) is 7.05 Å². The maximum Gasteiger partial charge on any atom is 0.226 e. The lowest BCUT2D eigenvalue weighted by Gasteiger charge is -2.27. The minimum atomic E-state index is 0.238. The molecule has 1 N–H and O–H groups in total. The van der Waals surface area contributed by atoms with Gasteiger partial charge in [0.05, 0.1) is 0 Å². The molecule has 2 rings (SSSR count). The van der Waals surface area contributed by atoms with E-state index in [1.54, 1.807) is 0 Å². The second-order valence-corrected chi connectivity index (χ2v) is 4.53. The minimum Gasteiger partial charge on any atom is -0.338 e. The topological polar surface area (TPSA) is 32.3 Å². The molecular weight excluding hydrogens is 188 g/mol. The lowest BCUT2D eigenvalue weighted by atomic mass is 10.1. The van der Waals surface area contributed by atoms with E-state index >= 15 is 0 Å². The van der Waals surface area contributed by atoms with Crippen LogP contribution < -0.4 is 5.32 Å². The summed E-state index contributed by atoms with van der Waals surface area (Å²) in [5.74, 6) is 0.611. The van der Waals surface area contributed by atoms with Gasteiger partial charge in [-0.05, 0) is 32.7 Å². The van der Waals surface area contributed by atoms with Crippen molar-refractivity contribution in [2.75, 3.05) is 20.1 Å². The van der Waals surface area contributed by atoms with Gasteiger partial charge in [-0.15, -0.1) is 0 Å². The van der Waals surface area contributed by atoms with Crippen LogP contribution in [0.4, 0.5) is 0 Å². The molecule has 1 unspecified atom stereocenters. The van der Waals surface area contributed by atoms with Crippen LogP contribution in [0.5, 0.6) is 0 Å². The molecular formula is C12H20N2O. The number of likely N-dealkylation sites (N-methyl/N-ethyl adjacent to an activating group) is 1. The molecule has 0 saturated carbocycles. The molecule has 1 aliphatic heterocycles. The van der Waals surface area contributed by atoms with Crippen molar-refractivity contribution in [1.82, 2.24) is 10.2 Å². The first-order valence-corrected chi connectivity index (χ1v) is 5.93. The normalized spacial score (nSPS) is 26.5. The number of hydrogen-bond donors (Lipinski definition) is 1. The Kier molecular flexibility index (Phi) is 3.41. The van der Waals surface area contributed by atoms with Crippen LogP contribution in [0.15, 0.2) is 12.2 Å². The molecule has 0 spiro atoms. The molecule has 0 aromatic heterocycles. The van der Waals surface area contributed by atoms with Crippen molar-refractivity contribution in [3.63, 3.8) is 0 Å². The highest BCUT2D eigenvalue weighted by Crippen LogP contribution is 2.25. The number of rotatable bonds is 3. The van der Waals surface area contributed by atoms with Gasteiger partial charge in [0.25, 0.3) is 0 Å². The lowest BCUT2D eigenvalue weighted by molar-refractivity contribution is -0.135. The van der Waals surface area contributed by atoms with Crippen molar-refractivity contribution >= 4 is 5.91 Å². The summed E-state index contributed by atoms with van der Waals surface area (Å²) in [6, 6.07) is 0.433. The van der Waals surface area contributed by atoms with Gasteiger partial charge < -0.3 is 10.2 Å². The lowest BCUT2D eigenvalue weighted by Crippen LogP contribution is -2.43.